The summed E-state index contributed by atoms with van der Waals surface area (Å²) in [7, 11) is 0. The first-order chi connectivity index (χ1) is 9.72. The fraction of sp³-hybridized carbons (Fsp3) is 0.462. The number of carbonyl (C=O) groups is 1. The van der Waals surface area contributed by atoms with Gasteiger partial charge in [-0.15, -0.1) is 11.3 Å². The van der Waals surface area contributed by atoms with E-state index < -0.39 is 0 Å². The Morgan fingerprint density at radius 1 is 1.60 bits per heavy atom. The number of nitrogens with one attached hydrogen (secondary N) is 1. The predicted octanol–water partition coefficient (Wildman–Crippen LogP) is 1.40. The largest absolute Gasteiger partial charge is 0.375 e. The van der Waals surface area contributed by atoms with Gasteiger partial charge in [0.1, 0.15) is 0 Å². The summed E-state index contributed by atoms with van der Waals surface area (Å²) in [6.07, 6.45) is 4.21. The van der Waals surface area contributed by atoms with Gasteiger partial charge in [0.05, 0.1) is 12.1 Å². The average Bonchev–Trinajstić information content (AvgIpc) is 3.11. The van der Waals surface area contributed by atoms with Crippen molar-refractivity contribution in [1.29, 1.82) is 0 Å². The molecule has 1 aliphatic heterocycles. The minimum Gasteiger partial charge on any atom is -0.375 e. The van der Waals surface area contributed by atoms with Gasteiger partial charge in [-0.05, 0) is 18.9 Å². The smallest absolute Gasteiger partial charge is 0.228 e. The van der Waals surface area contributed by atoms with Gasteiger partial charge in [0.25, 0.3) is 0 Å². The van der Waals surface area contributed by atoms with Gasteiger partial charge >= 0.3 is 0 Å². The van der Waals surface area contributed by atoms with Crippen LogP contribution in [-0.4, -0.2) is 39.1 Å². The molecule has 0 bridgehead atoms. The third-order valence-corrected chi connectivity index (χ3v) is 4.36. The van der Waals surface area contributed by atoms with Crippen molar-refractivity contribution in [2.45, 2.75) is 25.2 Å². The Hall–Kier alpha value is -1.89. The van der Waals surface area contributed by atoms with E-state index in [0.717, 1.165) is 37.3 Å². The Bertz CT molecular complexity index is 579. The monoisotopic (exact) mass is 291 g/mol. The summed E-state index contributed by atoms with van der Waals surface area (Å²) in [4.78, 5) is 18.4. The van der Waals surface area contributed by atoms with Crippen LogP contribution in [0.4, 0.5) is 5.13 Å². The summed E-state index contributed by atoms with van der Waals surface area (Å²) in [5.41, 5.74) is 7.47. The number of thiazole rings is 1. The summed E-state index contributed by atoms with van der Waals surface area (Å²) >= 11 is 1.37. The minimum absolute atomic E-state index is 0.125. The molecule has 3 N–H and O–H groups in total. The first-order valence-electron chi connectivity index (χ1n) is 6.69. The Balaban J connectivity index is 1.63. The predicted molar refractivity (Wildman–Crippen MR) is 77.4 cm³/mol. The molecule has 106 valence electrons. The molecule has 20 heavy (non-hydrogen) atoms. The number of nitrogens with zero attached hydrogens (tertiary/aromatic N) is 3. The molecule has 0 saturated carbocycles. The van der Waals surface area contributed by atoms with Crippen LogP contribution < -0.4 is 5.73 Å². The van der Waals surface area contributed by atoms with E-state index in [4.69, 9.17) is 5.73 Å². The number of H-pyrrole nitrogens is 1. The molecule has 6 nitrogen and oxygen atoms in total. The third kappa shape index (κ3) is 2.82. The molecule has 3 heterocycles. The normalized spacial score (nSPS) is 19.2. The van der Waals surface area contributed by atoms with E-state index >= 15 is 0 Å². The van der Waals surface area contributed by atoms with Crippen molar-refractivity contribution in [3.8, 4) is 0 Å². The van der Waals surface area contributed by atoms with Crippen LogP contribution in [0.2, 0.25) is 0 Å². The van der Waals surface area contributed by atoms with Gasteiger partial charge in [-0.3, -0.25) is 9.89 Å². The Labute approximate surface area is 121 Å². The van der Waals surface area contributed by atoms with Gasteiger partial charge in [0.15, 0.2) is 5.13 Å². The molecule has 1 fully saturated rings. The maximum atomic E-state index is 12.3. The number of nitrogen functional groups attached to an aromatic ring is 1. The highest BCUT2D eigenvalue weighted by atomic mass is 32.1. The number of hydrogen-bond donors (Lipinski definition) is 2. The SMILES string of the molecule is Nc1nc(CC(=O)N2CCCC(c3ccn[nH]3)C2)cs1. The number of rotatable bonds is 3. The number of anilines is 1. The van der Waals surface area contributed by atoms with Crippen molar-refractivity contribution in [3.63, 3.8) is 0 Å². The maximum Gasteiger partial charge on any atom is 0.228 e. The van der Waals surface area contributed by atoms with Crippen molar-refractivity contribution >= 4 is 22.4 Å². The molecule has 1 unspecified atom stereocenters. The number of aromatic amines is 1. The van der Waals surface area contributed by atoms with Crippen LogP contribution in [0.25, 0.3) is 0 Å². The lowest BCUT2D eigenvalue weighted by Crippen LogP contribution is -2.40. The van der Waals surface area contributed by atoms with Crippen LogP contribution in [0.15, 0.2) is 17.6 Å². The van der Waals surface area contributed by atoms with E-state index in [2.05, 4.69) is 15.2 Å². The quantitative estimate of drug-likeness (QED) is 0.894. The Morgan fingerprint density at radius 2 is 2.50 bits per heavy atom. The van der Waals surface area contributed by atoms with E-state index in [1.807, 2.05) is 16.3 Å². The van der Waals surface area contributed by atoms with E-state index in [0.29, 0.717) is 17.5 Å². The molecule has 1 atom stereocenters. The Kier molecular flexibility index (Phi) is 3.68. The number of likely N-dealkylation sites (tertiary alicyclic amines) is 1. The highest BCUT2D eigenvalue weighted by Gasteiger charge is 2.25. The van der Waals surface area contributed by atoms with Crippen molar-refractivity contribution in [3.05, 3.63) is 29.0 Å². The molecular formula is C13H17N5OS. The number of piperidine rings is 1. The highest BCUT2D eigenvalue weighted by Crippen LogP contribution is 2.25. The fourth-order valence-electron chi connectivity index (χ4n) is 2.62. The molecule has 3 rings (SSSR count). The van der Waals surface area contributed by atoms with Crippen molar-refractivity contribution < 1.29 is 4.79 Å². The summed E-state index contributed by atoms with van der Waals surface area (Å²) < 4.78 is 0. The lowest BCUT2D eigenvalue weighted by Gasteiger charge is -2.32. The number of hydrogen-bond acceptors (Lipinski definition) is 5. The average molecular weight is 291 g/mol. The van der Waals surface area contributed by atoms with E-state index in [1.54, 1.807) is 6.20 Å². The third-order valence-electron chi connectivity index (χ3n) is 3.64. The first kappa shape index (κ1) is 13.1. The minimum atomic E-state index is 0.125. The van der Waals surface area contributed by atoms with Crippen LogP contribution in [-0.2, 0) is 11.2 Å². The van der Waals surface area contributed by atoms with Crippen LogP contribution in [0.3, 0.4) is 0 Å². The second kappa shape index (κ2) is 5.62. The first-order valence-corrected chi connectivity index (χ1v) is 7.57. The molecule has 1 amide bonds. The van der Waals surface area contributed by atoms with Crippen molar-refractivity contribution in [1.82, 2.24) is 20.1 Å². The molecule has 1 saturated heterocycles. The van der Waals surface area contributed by atoms with Crippen LogP contribution in [0.1, 0.15) is 30.1 Å². The van der Waals surface area contributed by atoms with Gasteiger partial charge in [-0.25, -0.2) is 4.98 Å². The fourth-order valence-corrected chi connectivity index (χ4v) is 3.18. The second-order valence-electron chi connectivity index (χ2n) is 5.04. The van der Waals surface area contributed by atoms with Crippen molar-refractivity contribution in [2.24, 2.45) is 0 Å². The lowest BCUT2D eigenvalue weighted by atomic mass is 9.94. The van der Waals surface area contributed by atoms with Crippen LogP contribution in [0, 0.1) is 0 Å². The van der Waals surface area contributed by atoms with E-state index in [1.165, 1.54) is 11.3 Å². The van der Waals surface area contributed by atoms with Gasteiger partial charge < -0.3 is 10.6 Å². The summed E-state index contributed by atoms with van der Waals surface area (Å²) in [5.74, 6) is 0.482. The zero-order valence-corrected chi connectivity index (χ0v) is 11.9. The number of amides is 1. The molecule has 0 spiro atoms. The standard InChI is InChI=1S/C13H17N5OS/c14-13-16-10(8-20-13)6-12(19)18-5-1-2-9(7-18)11-3-4-15-17-11/h3-4,8-9H,1-2,5-7H2,(H2,14,16)(H,15,17). The summed E-state index contributed by atoms with van der Waals surface area (Å²) in [6.45, 7) is 1.57. The van der Waals surface area contributed by atoms with Gasteiger partial charge in [-0.2, -0.15) is 5.10 Å². The van der Waals surface area contributed by atoms with Gasteiger partial charge in [0, 0.05) is 36.3 Å². The number of carbonyl (C=O) groups excluding carboxylic acids is 1. The zero-order chi connectivity index (χ0) is 13.9. The van der Waals surface area contributed by atoms with Crippen molar-refractivity contribution in [2.75, 3.05) is 18.8 Å². The molecule has 1 aliphatic rings. The molecule has 2 aromatic heterocycles. The zero-order valence-electron chi connectivity index (χ0n) is 11.1. The summed E-state index contributed by atoms with van der Waals surface area (Å²) in [6, 6.07) is 1.99. The molecule has 0 aromatic carbocycles. The lowest BCUT2D eigenvalue weighted by molar-refractivity contribution is -0.131. The van der Waals surface area contributed by atoms with E-state index in [-0.39, 0.29) is 5.91 Å². The van der Waals surface area contributed by atoms with Crippen LogP contribution >= 0.6 is 11.3 Å². The van der Waals surface area contributed by atoms with E-state index in [9.17, 15) is 4.79 Å². The molecular weight excluding hydrogens is 274 g/mol. The summed E-state index contributed by atoms with van der Waals surface area (Å²) in [5, 5.41) is 9.36. The van der Waals surface area contributed by atoms with Gasteiger partial charge in [-0.1, -0.05) is 0 Å². The molecule has 2 aromatic rings. The molecule has 0 aliphatic carbocycles. The number of aromatic nitrogens is 3. The maximum absolute atomic E-state index is 12.3. The number of nitrogens with two attached hydrogens (primary N) is 1. The molecule has 0 radical (unpaired) electrons. The van der Waals surface area contributed by atoms with Gasteiger partial charge in [0.2, 0.25) is 5.91 Å². The van der Waals surface area contributed by atoms with Crippen LogP contribution in [0.5, 0.6) is 0 Å². The Morgan fingerprint density at radius 3 is 3.20 bits per heavy atom. The topological polar surface area (TPSA) is 87.9 Å². The molecule has 7 heteroatoms. The highest BCUT2D eigenvalue weighted by molar-refractivity contribution is 7.13. The second-order valence-corrected chi connectivity index (χ2v) is 5.93.